The third-order valence-corrected chi connectivity index (χ3v) is 4.46. The molecule has 2 N–H and O–H groups in total. The molecule has 21 heavy (non-hydrogen) atoms. The molecule has 1 saturated heterocycles. The number of benzene rings is 1. The molecule has 2 atom stereocenters. The molecule has 1 amide bonds. The van der Waals surface area contributed by atoms with Crippen molar-refractivity contribution < 1.29 is 14.7 Å². The van der Waals surface area contributed by atoms with Crippen LogP contribution in [0.2, 0.25) is 0 Å². The summed E-state index contributed by atoms with van der Waals surface area (Å²) in [5.74, 6) is -1.03. The number of amides is 1. The summed E-state index contributed by atoms with van der Waals surface area (Å²) in [6, 6.07) is 7.04. The van der Waals surface area contributed by atoms with Gasteiger partial charge in [-0.3, -0.25) is 4.79 Å². The lowest BCUT2D eigenvalue weighted by atomic mass is 9.91. The molecule has 0 radical (unpaired) electrons. The van der Waals surface area contributed by atoms with Crippen molar-refractivity contribution in [2.45, 2.75) is 31.8 Å². The van der Waals surface area contributed by atoms with Crippen molar-refractivity contribution in [3.63, 3.8) is 0 Å². The van der Waals surface area contributed by atoms with Crippen LogP contribution in [0.15, 0.2) is 24.3 Å². The minimum absolute atomic E-state index is 0.0240. The van der Waals surface area contributed by atoms with Crippen LogP contribution >= 0.6 is 0 Å². The van der Waals surface area contributed by atoms with Gasteiger partial charge in [0.25, 0.3) is 0 Å². The Labute approximate surface area is 123 Å². The summed E-state index contributed by atoms with van der Waals surface area (Å²) < 4.78 is 0. The molecule has 1 aromatic rings. The summed E-state index contributed by atoms with van der Waals surface area (Å²) in [7, 11) is 0. The van der Waals surface area contributed by atoms with Crippen molar-refractivity contribution in [2.24, 2.45) is 5.92 Å². The van der Waals surface area contributed by atoms with Crippen LogP contribution in [-0.2, 0) is 22.6 Å². The van der Waals surface area contributed by atoms with Gasteiger partial charge in [0.1, 0.15) is 6.04 Å². The number of nitrogens with zero attached hydrogens (tertiary/aromatic N) is 1. The normalized spacial score (nSPS) is 25.2. The van der Waals surface area contributed by atoms with Crippen molar-refractivity contribution in [1.82, 2.24) is 10.2 Å². The Hall–Kier alpha value is -1.88. The van der Waals surface area contributed by atoms with Crippen molar-refractivity contribution in [3.05, 3.63) is 35.4 Å². The molecule has 5 heteroatoms. The van der Waals surface area contributed by atoms with E-state index in [0.717, 1.165) is 30.5 Å². The molecule has 2 aliphatic heterocycles. The molecule has 112 valence electrons. The van der Waals surface area contributed by atoms with E-state index in [0.29, 0.717) is 19.5 Å². The third-order valence-electron chi connectivity index (χ3n) is 4.46. The highest BCUT2D eigenvalue weighted by Gasteiger charge is 2.37. The summed E-state index contributed by atoms with van der Waals surface area (Å²) in [5, 5.41) is 12.7. The Morgan fingerprint density at radius 3 is 2.67 bits per heavy atom. The molecule has 0 unspecified atom stereocenters. The second-order valence-corrected chi connectivity index (χ2v) is 5.84. The van der Waals surface area contributed by atoms with Gasteiger partial charge in [-0.25, -0.2) is 4.79 Å². The molecule has 0 spiro atoms. The van der Waals surface area contributed by atoms with Crippen LogP contribution in [0.1, 0.15) is 24.0 Å². The first kappa shape index (κ1) is 14.1. The lowest BCUT2D eigenvalue weighted by molar-refractivity contribution is -0.153. The summed E-state index contributed by atoms with van der Waals surface area (Å²) in [4.78, 5) is 25.8. The fourth-order valence-corrected chi connectivity index (χ4v) is 3.27. The van der Waals surface area contributed by atoms with Gasteiger partial charge < -0.3 is 15.3 Å². The number of carbonyl (C=O) groups excluding carboxylic acids is 1. The standard InChI is InChI=1S/C16H20N2O3/c19-15(12-6-3-7-17-9-12)18-10-13-5-2-1-4-11(13)8-14(18)16(20)21/h1-2,4-5,12,14,17H,3,6-10H2,(H,20,21)/t12-,14-/m1/s1. The van der Waals surface area contributed by atoms with E-state index >= 15 is 0 Å². The number of fused-ring (bicyclic) bond motifs is 1. The summed E-state index contributed by atoms with van der Waals surface area (Å²) in [6.07, 6.45) is 2.21. The molecule has 0 bridgehead atoms. The fourth-order valence-electron chi connectivity index (χ4n) is 3.27. The zero-order valence-corrected chi connectivity index (χ0v) is 11.9. The van der Waals surface area contributed by atoms with Gasteiger partial charge in [0.2, 0.25) is 5.91 Å². The zero-order valence-electron chi connectivity index (χ0n) is 11.9. The number of rotatable bonds is 2. The SMILES string of the molecule is O=C(O)[C@H]1Cc2ccccc2CN1C(=O)[C@@H]1CCCNC1. The van der Waals surface area contributed by atoms with E-state index in [1.807, 2.05) is 24.3 Å². The Morgan fingerprint density at radius 2 is 2.00 bits per heavy atom. The van der Waals surface area contributed by atoms with Gasteiger partial charge in [0.05, 0.1) is 5.92 Å². The number of carboxylic acids is 1. The van der Waals surface area contributed by atoms with Crippen LogP contribution in [0.25, 0.3) is 0 Å². The van der Waals surface area contributed by atoms with Crippen molar-refractivity contribution in [1.29, 1.82) is 0 Å². The largest absolute Gasteiger partial charge is 0.480 e. The van der Waals surface area contributed by atoms with E-state index in [1.165, 1.54) is 0 Å². The van der Waals surface area contributed by atoms with Gasteiger partial charge >= 0.3 is 5.97 Å². The second-order valence-electron chi connectivity index (χ2n) is 5.84. The molecular weight excluding hydrogens is 268 g/mol. The molecular formula is C16H20N2O3. The monoisotopic (exact) mass is 288 g/mol. The highest BCUT2D eigenvalue weighted by atomic mass is 16.4. The summed E-state index contributed by atoms with van der Waals surface area (Å²) >= 11 is 0. The topological polar surface area (TPSA) is 69.6 Å². The van der Waals surface area contributed by atoms with E-state index in [2.05, 4.69) is 5.32 Å². The minimum Gasteiger partial charge on any atom is -0.480 e. The smallest absolute Gasteiger partial charge is 0.326 e. The second kappa shape index (κ2) is 5.85. The van der Waals surface area contributed by atoms with Gasteiger partial charge in [0.15, 0.2) is 0 Å². The van der Waals surface area contributed by atoms with E-state index in [-0.39, 0.29) is 11.8 Å². The molecule has 2 aliphatic rings. The van der Waals surface area contributed by atoms with E-state index in [1.54, 1.807) is 4.90 Å². The van der Waals surface area contributed by atoms with E-state index in [9.17, 15) is 14.7 Å². The van der Waals surface area contributed by atoms with Crippen LogP contribution in [0.4, 0.5) is 0 Å². The summed E-state index contributed by atoms with van der Waals surface area (Å²) in [5.41, 5.74) is 2.10. The van der Waals surface area contributed by atoms with Gasteiger partial charge in [-0.1, -0.05) is 24.3 Å². The minimum atomic E-state index is -0.915. The maximum absolute atomic E-state index is 12.7. The Balaban J connectivity index is 1.85. The number of nitrogens with one attached hydrogen (secondary N) is 1. The molecule has 5 nitrogen and oxygen atoms in total. The van der Waals surface area contributed by atoms with Crippen LogP contribution in [0, 0.1) is 5.92 Å². The predicted molar refractivity (Wildman–Crippen MR) is 77.7 cm³/mol. The summed E-state index contributed by atoms with van der Waals surface area (Å²) in [6.45, 7) is 2.00. The highest BCUT2D eigenvalue weighted by molar-refractivity contribution is 5.86. The van der Waals surface area contributed by atoms with Gasteiger partial charge in [0, 0.05) is 19.5 Å². The van der Waals surface area contributed by atoms with E-state index < -0.39 is 12.0 Å². The number of piperidine rings is 1. The lowest BCUT2D eigenvalue weighted by Crippen LogP contribution is -2.52. The quantitative estimate of drug-likeness (QED) is 0.852. The zero-order chi connectivity index (χ0) is 14.8. The van der Waals surface area contributed by atoms with Crippen LogP contribution in [0.3, 0.4) is 0 Å². The first-order valence-corrected chi connectivity index (χ1v) is 7.47. The molecule has 0 aromatic heterocycles. The van der Waals surface area contributed by atoms with E-state index in [4.69, 9.17) is 0 Å². The van der Waals surface area contributed by atoms with Crippen LogP contribution in [-0.4, -0.2) is 41.0 Å². The number of hydrogen-bond acceptors (Lipinski definition) is 3. The maximum Gasteiger partial charge on any atom is 0.326 e. The molecule has 0 aliphatic carbocycles. The van der Waals surface area contributed by atoms with Crippen LogP contribution in [0.5, 0.6) is 0 Å². The van der Waals surface area contributed by atoms with Gasteiger partial charge in [-0.2, -0.15) is 0 Å². The number of hydrogen-bond donors (Lipinski definition) is 2. The first-order valence-electron chi connectivity index (χ1n) is 7.47. The predicted octanol–water partition coefficient (Wildman–Crippen LogP) is 1.02. The van der Waals surface area contributed by atoms with Crippen molar-refractivity contribution in [3.8, 4) is 0 Å². The number of carboxylic acid groups (broad SMARTS) is 1. The van der Waals surface area contributed by atoms with Crippen molar-refractivity contribution in [2.75, 3.05) is 13.1 Å². The average Bonchev–Trinajstić information content (AvgIpc) is 2.53. The Morgan fingerprint density at radius 1 is 1.24 bits per heavy atom. The molecule has 1 fully saturated rings. The lowest BCUT2D eigenvalue weighted by Gasteiger charge is -2.37. The number of carbonyl (C=O) groups is 2. The molecule has 3 rings (SSSR count). The maximum atomic E-state index is 12.7. The highest BCUT2D eigenvalue weighted by Crippen LogP contribution is 2.26. The molecule has 2 heterocycles. The Bertz CT molecular complexity index is 552. The van der Waals surface area contributed by atoms with Gasteiger partial charge in [-0.15, -0.1) is 0 Å². The number of aliphatic carboxylic acids is 1. The van der Waals surface area contributed by atoms with Crippen LogP contribution < -0.4 is 5.32 Å². The Kier molecular flexibility index (Phi) is 3.92. The molecule has 0 saturated carbocycles. The average molecular weight is 288 g/mol. The third kappa shape index (κ3) is 2.78. The molecule has 1 aromatic carbocycles. The fraction of sp³-hybridized carbons (Fsp3) is 0.500. The van der Waals surface area contributed by atoms with Gasteiger partial charge in [-0.05, 0) is 30.5 Å². The first-order chi connectivity index (χ1) is 10.2. The van der Waals surface area contributed by atoms with Crippen molar-refractivity contribution >= 4 is 11.9 Å².